The highest BCUT2D eigenvalue weighted by molar-refractivity contribution is 5.77. The summed E-state index contributed by atoms with van der Waals surface area (Å²) in [5.74, 6) is 3.25. The minimum absolute atomic E-state index is 0.501. The number of nitrogens with zero attached hydrogens (tertiary/aromatic N) is 5. The molecule has 11 nitrogen and oxygen atoms in total. The number of methoxy groups -OCH3 is 2. The average Bonchev–Trinajstić information content (AvgIpc) is 2.92. The standard InChI is InChI=1S/C12H19N5O2.C10H14O2.C3H8N2/c13-9-14-11-8-12(16-10-15-11)19-5-1-2-17-3-6-18-7-4-17;1-4-8-5-6-9(11-2)10(7-8)12-3;1-3(4)5-2/h8-10H,1-7H2,(H2,13,14,15,16);5-7H,4H2,1-3H3;1-2H3,(H2,4,5). The van der Waals surface area contributed by atoms with Crippen LogP contribution in [0, 0.1) is 0 Å². The summed E-state index contributed by atoms with van der Waals surface area (Å²) in [6, 6.07) is 7.63. The topological polar surface area (TPSA) is 143 Å². The van der Waals surface area contributed by atoms with E-state index in [1.54, 1.807) is 34.3 Å². The number of morpholine rings is 1. The van der Waals surface area contributed by atoms with Gasteiger partial charge in [-0.15, -0.1) is 0 Å². The van der Waals surface area contributed by atoms with Crippen LogP contribution in [-0.4, -0.2) is 87.8 Å². The van der Waals surface area contributed by atoms with Crippen LogP contribution in [-0.2, 0) is 11.2 Å². The fraction of sp³-hybridized carbons (Fsp3) is 0.520. The SMILES string of the molecule is CCc1ccc(OC)c(OC)c1.CN=C(C)N.N/C=N/c1cc(OCCCN2CCOCC2)ncn1. The van der Waals surface area contributed by atoms with Gasteiger partial charge in [0, 0.05) is 32.7 Å². The first-order chi connectivity index (χ1) is 17.5. The van der Waals surface area contributed by atoms with Crippen LogP contribution >= 0.6 is 0 Å². The quantitative estimate of drug-likeness (QED) is 0.300. The highest BCUT2D eigenvalue weighted by Gasteiger charge is 2.09. The van der Waals surface area contributed by atoms with Gasteiger partial charge < -0.3 is 30.4 Å². The second-order valence-electron chi connectivity index (χ2n) is 7.56. The molecule has 0 unspecified atom stereocenters. The van der Waals surface area contributed by atoms with Gasteiger partial charge in [0.1, 0.15) is 6.33 Å². The van der Waals surface area contributed by atoms with Gasteiger partial charge in [-0.25, -0.2) is 15.0 Å². The Morgan fingerprint density at radius 3 is 2.42 bits per heavy atom. The number of aryl methyl sites for hydroxylation is 1. The van der Waals surface area contributed by atoms with Crippen molar-refractivity contribution in [2.75, 3.05) is 60.7 Å². The third kappa shape index (κ3) is 12.9. The predicted octanol–water partition coefficient (Wildman–Crippen LogP) is 2.46. The zero-order valence-electron chi connectivity index (χ0n) is 22.1. The first-order valence-electron chi connectivity index (χ1n) is 11.9. The van der Waals surface area contributed by atoms with E-state index in [1.807, 2.05) is 18.2 Å². The number of hydrogen-bond acceptors (Lipinski definition) is 9. The second-order valence-corrected chi connectivity index (χ2v) is 7.56. The Balaban J connectivity index is 0.000000325. The molecule has 4 N–H and O–H groups in total. The summed E-state index contributed by atoms with van der Waals surface area (Å²) < 4.78 is 21.1. The van der Waals surface area contributed by atoms with Gasteiger partial charge in [0.25, 0.3) is 0 Å². The molecule has 0 bridgehead atoms. The molecule has 1 aromatic heterocycles. The van der Waals surface area contributed by atoms with Crippen molar-refractivity contribution >= 4 is 18.0 Å². The van der Waals surface area contributed by atoms with Crippen LogP contribution < -0.4 is 25.7 Å². The molecule has 36 heavy (non-hydrogen) atoms. The minimum atomic E-state index is 0.501. The number of nitrogens with two attached hydrogens (primary N) is 2. The van der Waals surface area contributed by atoms with Crippen LogP contribution in [0.15, 0.2) is 40.6 Å². The largest absolute Gasteiger partial charge is 0.493 e. The van der Waals surface area contributed by atoms with Gasteiger partial charge in [0.2, 0.25) is 5.88 Å². The lowest BCUT2D eigenvalue weighted by Gasteiger charge is -2.26. The lowest BCUT2D eigenvalue weighted by Crippen LogP contribution is -2.37. The lowest BCUT2D eigenvalue weighted by molar-refractivity contribution is 0.0357. The Morgan fingerprint density at radius 2 is 1.83 bits per heavy atom. The molecule has 0 spiro atoms. The van der Waals surface area contributed by atoms with Gasteiger partial charge in [0.15, 0.2) is 17.3 Å². The van der Waals surface area contributed by atoms with Crippen molar-refractivity contribution in [3.8, 4) is 17.4 Å². The van der Waals surface area contributed by atoms with Crippen LogP contribution in [0.25, 0.3) is 0 Å². The van der Waals surface area contributed by atoms with Crippen LogP contribution in [0.1, 0.15) is 25.8 Å². The molecule has 2 heterocycles. The summed E-state index contributed by atoms with van der Waals surface area (Å²) in [5.41, 5.74) is 11.5. The lowest BCUT2D eigenvalue weighted by atomic mass is 10.1. The Bertz CT molecular complexity index is 915. The van der Waals surface area contributed by atoms with Gasteiger partial charge in [-0.2, -0.15) is 0 Å². The minimum Gasteiger partial charge on any atom is -0.493 e. The molecular weight excluding hydrogens is 462 g/mol. The molecule has 0 atom stereocenters. The van der Waals surface area contributed by atoms with Gasteiger partial charge in [-0.05, 0) is 37.5 Å². The van der Waals surface area contributed by atoms with Crippen molar-refractivity contribution in [2.24, 2.45) is 21.5 Å². The van der Waals surface area contributed by atoms with Gasteiger partial charge in [-0.1, -0.05) is 13.0 Å². The molecule has 1 aliphatic heterocycles. The molecule has 0 saturated carbocycles. The molecule has 1 aromatic carbocycles. The van der Waals surface area contributed by atoms with E-state index in [1.165, 1.54) is 18.2 Å². The third-order valence-corrected chi connectivity index (χ3v) is 5.02. The Morgan fingerprint density at radius 1 is 1.14 bits per heavy atom. The number of benzene rings is 1. The fourth-order valence-corrected chi connectivity index (χ4v) is 2.95. The van der Waals surface area contributed by atoms with Crippen molar-refractivity contribution < 1.29 is 18.9 Å². The maximum Gasteiger partial charge on any atom is 0.218 e. The summed E-state index contributed by atoms with van der Waals surface area (Å²) in [6.45, 7) is 9.16. The molecule has 1 aliphatic rings. The molecular formula is C25H41N7O4. The van der Waals surface area contributed by atoms with Gasteiger partial charge >= 0.3 is 0 Å². The van der Waals surface area contributed by atoms with E-state index in [4.69, 9.17) is 30.4 Å². The summed E-state index contributed by atoms with van der Waals surface area (Å²) in [7, 11) is 4.95. The van der Waals surface area contributed by atoms with E-state index in [0.717, 1.165) is 57.2 Å². The molecule has 2 aromatic rings. The Kier molecular flexibility index (Phi) is 16.0. The Labute approximate surface area is 214 Å². The highest BCUT2D eigenvalue weighted by Crippen LogP contribution is 2.27. The van der Waals surface area contributed by atoms with E-state index < -0.39 is 0 Å². The van der Waals surface area contributed by atoms with Gasteiger partial charge in [-0.3, -0.25) is 9.89 Å². The summed E-state index contributed by atoms with van der Waals surface area (Å²) >= 11 is 0. The highest BCUT2D eigenvalue weighted by atomic mass is 16.5. The Hall–Kier alpha value is -3.44. The third-order valence-electron chi connectivity index (χ3n) is 5.02. The van der Waals surface area contributed by atoms with E-state index in [-0.39, 0.29) is 0 Å². The van der Waals surface area contributed by atoms with Crippen molar-refractivity contribution in [2.45, 2.75) is 26.7 Å². The molecule has 3 rings (SSSR count). The summed E-state index contributed by atoms with van der Waals surface area (Å²) in [6.07, 6.45) is 4.59. The van der Waals surface area contributed by atoms with Crippen molar-refractivity contribution in [1.82, 2.24) is 14.9 Å². The van der Waals surface area contributed by atoms with E-state index in [2.05, 4.69) is 31.8 Å². The molecule has 0 aliphatic carbocycles. The molecule has 1 saturated heterocycles. The molecule has 0 radical (unpaired) electrons. The molecule has 0 amide bonds. The van der Waals surface area contributed by atoms with Crippen LogP contribution in [0.5, 0.6) is 17.4 Å². The van der Waals surface area contributed by atoms with Gasteiger partial charge in [0.05, 0.1) is 46.2 Å². The normalized spacial score (nSPS) is 13.8. The number of amidine groups is 1. The van der Waals surface area contributed by atoms with Crippen molar-refractivity contribution in [3.63, 3.8) is 0 Å². The molecule has 200 valence electrons. The van der Waals surface area contributed by atoms with E-state index in [0.29, 0.717) is 24.1 Å². The number of hydrogen-bond donors (Lipinski definition) is 2. The van der Waals surface area contributed by atoms with Crippen molar-refractivity contribution in [3.05, 3.63) is 36.2 Å². The van der Waals surface area contributed by atoms with Crippen LogP contribution in [0.4, 0.5) is 5.82 Å². The van der Waals surface area contributed by atoms with Crippen LogP contribution in [0.3, 0.4) is 0 Å². The summed E-state index contributed by atoms with van der Waals surface area (Å²) in [5, 5.41) is 0. The maximum atomic E-state index is 5.56. The first-order valence-corrected chi connectivity index (χ1v) is 11.9. The number of ether oxygens (including phenoxy) is 4. The zero-order chi connectivity index (χ0) is 26.6. The first kappa shape index (κ1) is 30.6. The van der Waals surface area contributed by atoms with E-state index in [9.17, 15) is 0 Å². The van der Waals surface area contributed by atoms with E-state index >= 15 is 0 Å². The number of aliphatic imine (C=N–C) groups is 2. The molecule has 1 fully saturated rings. The van der Waals surface area contributed by atoms with Crippen molar-refractivity contribution in [1.29, 1.82) is 0 Å². The monoisotopic (exact) mass is 503 g/mol. The zero-order valence-corrected chi connectivity index (χ0v) is 22.1. The maximum absolute atomic E-state index is 5.56. The predicted molar refractivity (Wildman–Crippen MR) is 144 cm³/mol. The number of rotatable bonds is 9. The number of aromatic nitrogens is 2. The average molecular weight is 504 g/mol. The molecule has 11 heteroatoms. The van der Waals surface area contributed by atoms with Crippen LogP contribution in [0.2, 0.25) is 0 Å². The fourth-order valence-electron chi connectivity index (χ4n) is 2.95. The summed E-state index contributed by atoms with van der Waals surface area (Å²) in [4.78, 5) is 17.8. The smallest absolute Gasteiger partial charge is 0.218 e. The second kappa shape index (κ2) is 18.8.